The Kier molecular flexibility index (Phi) is 7.45. The Hall–Kier alpha value is -1.37. The zero-order valence-electron chi connectivity index (χ0n) is 14.5. The molecule has 0 amide bonds. The third-order valence-electron chi connectivity index (χ3n) is 3.02. The van der Waals surface area contributed by atoms with Gasteiger partial charge in [0.05, 0.1) is 5.52 Å². The normalized spacial score (nSPS) is 11.9. The number of nitrogen functional groups attached to an aromatic ring is 1. The van der Waals surface area contributed by atoms with Crippen molar-refractivity contribution in [2.75, 3.05) is 0 Å². The first-order chi connectivity index (χ1) is 11.8. The van der Waals surface area contributed by atoms with E-state index in [1.165, 1.54) is 18.2 Å². The molecular formula is C15H19AlClF5N4. The average molecular weight is 413 g/mol. The van der Waals surface area contributed by atoms with Gasteiger partial charge in [-0.05, 0) is 18.2 Å². The quantitative estimate of drug-likeness (QED) is 0.323. The molecule has 0 radical (unpaired) electrons. The fourth-order valence-electron chi connectivity index (χ4n) is 1.90. The lowest BCUT2D eigenvalue weighted by molar-refractivity contribution is -0.285. The summed E-state index contributed by atoms with van der Waals surface area (Å²) in [7, 11) is 0. The number of aryl methyl sites for hydroxylation is 1. The van der Waals surface area contributed by atoms with Gasteiger partial charge < -0.3 is 5.73 Å². The van der Waals surface area contributed by atoms with Crippen LogP contribution in [0.2, 0.25) is 22.4 Å². The standard InChI is InChI=1S/C12H10ClF5N4.3CH3.Al/c13-6-1-2-7-8(5-6)22(21-9(7)10(19)20)4-3-11(14,15)12(16,17)18;;;;/h1-2,5H,3-4H2,(H3,19,20);3*1H3;. The van der Waals surface area contributed by atoms with E-state index in [0.29, 0.717) is 5.39 Å². The summed E-state index contributed by atoms with van der Waals surface area (Å²) in [4.78, 5) is 0. The SMILES string of the molecule is N=C(N)c1nn(CCC(F)(F)C(F)(F)F)c2cc(Cl)ccc12.[CH3][Al]([CH3])[CH3]. The van der Waals surface area contributed by atoms with E-state index in [-0.39, 0.29) is 30.4 Å². The lowest BCUT2D eigenvalue weighted by atomic mass is 10.2. The van der Waals surface area contributed by atoms with Crippen molar-refractivity contribution in [1.82, 2.24) is 9.78 Å². The molecule has 26 heavy (non-hydrogen) atoms. The Labute approximate surface area is 157 Å². The second kappa shape index (κ2) is 8.55. The number of fused-ring (bicyclic) bond motifs is 1. The molecule has 0 aliphatic carbocycles. The summed E-state index contributed by atoms with van der Waals surface area (Å²) in [6, 6.07) is 4.31. The van der Waals surface area contributed by atoms with E-state index in [4.69, 9.17) is 22.7 Å². The first-order valence-electron chi connectivity index (χ1n) is 7.71. The van der Waals surface area contributed by atoms with Gasteiger partial charge in [-0.15, -0.1) is 17.4 Å². The third kappa shape index (κ3) is 5.83. The Morgan fingerprint density at radius 3 is 2.23 bits per heavy atom. The molecule has 2 aromatic rings. The van der Waals surface area contributed by atoms with Gasteiger partial charge in [0.25, 0.3) is 14.1 Å². The fraction of sp³-hybridized carbons (Fsp3) is 0.467. The molecule has 1 heterocycles. The van der Waals surface area contributed by atoms with Crippen LogP contribution in [0, 0.1) is 5.41 Å². The molecule has 0 saturated heterocycles. The maximum absolute atomic E-state index is 13.0. The van der Waals surface area contributed by atoms with Crippen LogP contribution in [-0.4, -0.2) is 41.9 Å². The molecule has 2 rings (SSSR count). The molecule has 0 fully saturated rings. The first kappa shape index (κ1) is 22.7. The molecule has 1 aromatic carbocycles. The Morgan fingerprint density at radius 2 is 1.77 bits per heavy atom. The van der Waals surface area contributed by atoms with Crippen LogP contribution in [0.5, 0.6) is 0 Å². The zero-order chi connectivity index (χ0) is 20.3. The Bertz CT molecular complexity index is 770. The molecule has 0 aliphatic heterocycles. The molecular weight excluding hydrogens is 394 g/mol. The number of rotatable bonds is 4. The van der Waals surface area contributed by atoms with Crippen molar-refractivity contribution in [1.29, 1.82) is 5.41 Å². The molecule has 0 saturated carbocycles. The van der Waals surface area contributed by atoms with Crippen LogP contribution in [-0.2, 0) is 6.54 Å². The number of aromatic nitrogens is 2. The van der Waals surface area contributed by atoms with Gasteiger partial charge in [0.15, 0.2) is 0 Å². The molecule has 0 aliphatic rings. The lowest BCUT2D eigenvalue weighted by Crippen LogP contribution is -2.37. The monoisotopic (exact) mass is 412 g/mol. The van der Waals surface area contributed by atoms with Crippen LogP contribution in [0.4, 0.5) is 22.0 Å². The van der Waals surface area contributed by atoms with E-state index in [1.807, 2.05) is 0 Å². The number of alkyl halides is 5. The van der Waals surface area contributed by atoms with Gasteiger partial charge in [0.2, 0.25) is 0 Å². The molecule has 0 bridgehead atoms. The van der Waals surface area contributed by atoms with Gasteiger partial charge in [-0.3, -0.25) is 10.1 Å². The lowest BCUT2D eigenvalue weighted by Gasteiger charge is -2.19. The average Bonchev–Trinajstić information content (AvgIpc) is 2.81. The fourth-order valence-corrected chi connectivity index (χ4v) is 2.07. The van der Waals surface area contributed by atoms with E-state index in [1.54, 1.807) is 0 Å². The number of benzene rings is 1. The summed E-state index contributed by atoms with van der Waals surface area (Å²) >= 11 is 5.65. The van der Waals surface area contributed by atoms with Crippen molar-refractivity contribution in [3.63, 3.8) is 0 Å². The van der Waals surface area contributed by atoms with Gasteiger partial charge in [-0.1, -0.05) is 11.6 Å². The summed E-state index contributed by atoms with van der Waals surface area (Å²) in [6.07, 6.45) is -7.10. The van der Waals surface area contributed by atoms with Crippen LogP contribution < -0.4 is 5.73 Å². The van der Waals surface area contributed by atoms with Gasteiger partial charge in [-0.25, -0.2) is 0 Å². The first-order valence-corrected chi connectivity index (χ1v) is 11.6. The van der Waals surface area contributed by atoms with Gasteiger partial charge >= 0.3 is 12.1 Å². The summed E-state index contributed by atoms with van der Waals surface area (Å²) in [5.41, 5.74) is 5.56. The van der Waals surface area contributed by atoms with Crippen molar-refractivity contribution in [3.05, 3.63) is 28.9 Å². The molecule has 4 nitrogen and oxygen atoms in total. The minimum Gasteiger partial charge on any atom is -0.382 e. The van der Waals surface area contributed by atoms with Crippen molar-refractivity contribution in [3.8, 4) is 0 Å². The van der Waals surface area contributed by atoms with Crippen molar-refractivity contribution in [2.45, 2.75) is 42.4 Å². The maximum Gasteiger partial charge on any atom is 0.453 e. The summed E-state index contributed by atoms with van der Waals surface area (Å²) in [5, 5.41) is 11.8. The maximum atomic E-state index is 13.0. The Morgan fingerprint density at radius 1 is 1.23 bits per heavy atom. The Balaban J connectivity index is 0.000000765. The van der Waals surface area contributed by atoms with Gasteiger partial charge in [0, 0.05) is 23.4 Å². The number of nitrogens with zero attached hydrogens (tertiary/aromatic N) is 2. The second-order valence-corrected chi connectivity index (χ2v) is 10.2. The number of hydrogen-bond donors (Lipinski definition) is 2. The van der Waals surface area contributed by atoms with Crippen molar-refractivity contribution < 1.29 is 22.0 Å². The molecule has 0 spiro atoms. The van der Waals surface area contributed by atoms with E-state index >= 15 is 0 Å². The zero-order valence-corrected chi connectivity index (χ0v) is 16.4. The summed E-state index contributed by atoms with van der Waals surface area (Å²) in [5.74, 6) is 1.66. The highest BCUT2D eigenvalue weighted by molar-refractivity contribution is 6.54. The predicted octanol–water partition coefficient (Wildman–Crippen LogP) is 4.93. The number of amidine groups is 1. The number of halogens is 6. The van der Waals surface area contributed by atoms with Gasteiger partial charge in [-0.2, -0.15) is 27.1 Å². The van der Waals surface area contributed by atoms with Crippen molar-refractivity contribution >= 4 is 42.5 Å². The highest BCUT2D eigenvalue weighted by atomic mass is 35.5. The molecule has 11 heteroatoms. The topological polar surface area (TPSA) is 67.7 Å². The van der Waals surface area contributed by atoms with Crippen LogP contribution in [0.1, 0.15) is 12.1 Å². The molecule has 0 atom stereocenters. The number of nitrogens with two attached hydrogens (primary N) is 1. The van der Waals surface area contributed by atoms with Crippen LogP contribution >= 0.6 is 11.6 Å². The highest BCUT2D eigenvalue weighted by Crippen LogP contribution is 2.38. The van der Waals surface area contributed by atoms with Gasteiger partial charge in [0.1, 0.15) is 11.5 Å². The summed E-state index contributed by atoms with van der Waals surface area (Å²) < 4.78 is 63.5. The minimum atomic E-state index is -5.63. The van der Waals surface area contributed by atoms with Crippen molar-refractivity contribution in [2.24, 2.45) is 5.73 Å². The molecule has 144 valence electrons. The van der Waals surface area contributed by atoms with Crippen LogP contribution in [0.15, 0.2) is 18.2 Å². The smallest absolute Gasteiger partial charge is 0.382 e. The third-order valence-corrected chi connectivity index (χ3v) is 3.26. The van der Waals surface area contributed by atoms with E-state index < -0.39 is 30.9 Å². The molecule has 1 aromatic heterocycles. The van der Waals surface area contributed by atoms with Crippen LogP contribution in [0.3, 0.4) is 0 Å². The second-order valence-electron chi connectivity index (χ2n) is 6.33. The van der Waals surface area contributed by atoms with E-state index in [0.717, 1.165) is 4.68 Å². The highest BCUT2D eigenvalue weighted by Gasteiger charge is 2.56. The number of hydrogen-bond acceptors (Lipinski definition) is 2. The summed E-state index contributed by atoms with van der Waals surface area (Å²) in [6.45, 7) is -0.698. The minimum absolute atomic E-state index is 0.00184. The van der Waals surface area contributed by atoms with E-state index in [2.05, 4.69) is 22.5 Å². The van der Waals surface area contributed by atoms with E-state index in [9.17, 15) is 22.0 Å². The number of nitrogens with one attached hydrogen (secondary N) is 1. The largest absolute Gasteiger partial charge is 0.453 e. The predicted molar refractivity (Wildman–Crippen MR) is 94.7 cm³/mol. The van der Waals surface area contributed by atoms with Crippen LogP contribution in [0.25, 0.3) is 10.9 Å². The molecule has 0 unspecified atom stereocenters. The molecule has 3 N–H and O–H groups in total.